The number of terminal acetylenes is 1. The maximum Gasteiger partial charge on any atom is 0.298 e. The van der Waals surface area contributed by atoms with E-state index in [1.165, 1.54) is 17.0 Å². The van der Waals surface area contributed by atoms with Crippen molar-refractivity contribution in [3.05, 3.63) is 69.8 Å². The summed E-state index contributed by atoms with van der Waals surface area (Å²) in [4.78, 5) is 37.9. The lowest BCUT2D eigenvalue weighted by Crippen LogP contribution is -2.49. The van der Waals surface area contributed by atoms with E-state index in [-0.39, 0.29) is 54.5 Å². The zero-order valence-electron chi connectivity index (χ0n) is 24.4. The molecule has 0 radical (unpaired) electrons. The number of carbonyl (C=O) groups excluding carboxylic acids is 1. The minimum absolute atomic E-state index is 0.0446. The highest BCUT2D eigenvalue weighted by molar-refractivity contribution is 7.90. The molecular weight excluding hydrogens is 592 g/mol. The standard InChI is InChI=1S/C31H29F2N5O5S/c1-6-23(40)36-12-14-37(15-13-36)28-19-16-21(33)26(24-20(32)8-7-9-22(24)39)35-30(19)38(31(41)29(28)44(5,42)43)27-18(4)10-11-34-25(27)17(2)3/h1,7-11,16-17,39H,12-15H2,2-5H3. The highest BCUT2D eigenvalue weighted by Crippen LogP contribution is 2.39. The van der Waals surface area contributed by atoms with E-state index in [1.54, 1.807) is 24.1 Å². The monoisotopic (exact) mass is 621 g/mol. The number of piperazine rings is 1. The summed E-state index contributed by atoms with van der Waals surface area (Å²) >= 11 is 0. The molecule has 1 aliphatic heterocycles. The Hall–Kier alpha value is -4.83. The van der Waals surface area contributed by atoms with E-state index in [9.17, 15) is 27.5 Å². The zero-order valence-corrected chi connectivity index (χ0v) is 25.2. The fourth-order valence-corrected chi connectivity index (χ4v) is 6.53. The number of aryl methyl sites for hydroxylation is 1. The number of hydrogen-bond donors (Lipinski definition) is 1. The van der Waals surface area contributed by atoms with E-state index in [2.05, 4.69) is 9.97 Å². The van der Waals surface area contributed by atoms with E-state index in [4.69, 9.17) is 6.42 Å². The lowest BCUT2D eigenvalue weighted by atomic mass is 10.0. The van der Waals surface area contributed by atoms with Gasteiger partial charge in [-0.3, -0.25) is 19.1 Å². The van der Waals surface area contributed by atoms with Crippen LogP contribution in [0.2, 0.25) is 0 Å². The van der Waals surface area contributed by atoms with E-state index >= 15 is 4.39 Å². The molecule has 0 aliphatic carbocycles. The van der Waals surface area contributed by atoms with Gasteiger partial charge in [-0.2, -0.15) is 0 Å². The van der Waals surface area contributed by atoms with Gasteiger partial charge >= 0.3 is 0 Å². The fraction of sp³-hybridized carbons (Fsp3) is 0.290. The molecule has 228 valence electrons. The van der Waals surface area contributed by atoms with Gasteiger partial charge in [-0.05, 0) is 48.6 Å². The maximum atomic E-state index is 16.0. The molecule has 0 bridgehead atoms. The summed E-state index contributed by atoms with van der Waals surface area (Å²) in [5.74, 6) is -1.31. The SMILES string of the molecule is C#CC(=O)N1CCN(c2c(S(C)(=O)=O)c(=O)n(-c3c(C)ccnc3C(C)C)c3nc(-c4c(O)cccc4F)c(F)cc23)CC1. The number of aromatic hydroxyl groups is 1. The van der Waals surface area contributed by atoms with Crippen LogP contribution in [0.15, 0.2) is 46.2 Å². The van der Waals surface area contributed by atoms with Crippen molar-refractivity contribution in [3.8, 4) is 35.0 Å². The normalized spacial score (nSPS) is 13.9. The molecule has 0 saturated carbocycles. The number of anilines is 1. The van der Waals surface area contributed by atoms with Crippen molar-refractivity contribution in [2.75, 3.05) is 37.3 Å². The average Bonchev–Trinajstić information content (AvgIpc) is 2.96. The summed E-state index contributed by atoms with van der Waals surface area (Å²) in [6, 6.07) is 6.09. The van der Waals surface area contributed by atoms with Crippen LogP contribution in [0.25, 0.3) is 28.0 Å². The number of amides is 1. The Bertz CT molecular complexity index is 2030. The third-order valence-electron chi connectivity index (χ3n) is 7.57. The highest BCUT2D eigenvalue weighted by atomic mass is 32.2. The molecule has 4 aromatic rings. The average molecular weight is 622 g/mol. The Balaban J connectivity index is 1.96. The van der Waals surface area contributed by atoms with Crippen molar-refractivity contribution in [1.29, 1.82) is 0 Å². The second-order valence-electron chi connectivity index (χ2n) is 10.9. The molecule has 0 atom stereocenters. The third kappa shape index (κ3) is 5.15. The van der Waals surface area contributed by atoms with Crippen LogP contribution >= 0.6 is 0 Å². The van der Waals surface area contributed by atoms with E-state index in [0.717, 1.165) is 23.0 Å². The lowest BCUT2D eigenvalue weighted by molar-refractivity contribution is -0.125. The van der Waals surface area contributed by atoms with Crippen LogP contribution in [0, 0.1) is 30.9 Å². The van der Waals surface area contributed by atoms with Crippen molar-refractivity contribution in [2.45, 2.75) is 31.6 Å². The van der Waals surface area contributed by atoms with Gasteiger partial charge in [0, 0.05) is 44.0 Å². The molecular formula is C31H29F2N5O5S. The minimum Gasteiger partial charge on any atom is -0.507 e. The van der Waals surface area contributed by atoms with Gasteiger partial charge in [-0.15, -0.1) is 6.42 Å². The van der Waals surface area contributed by atoms with Gasteiger partial charge in [-0.1, -0.05) is 19.9 Å². The molecule has 1 aromatic carbocycles. The molecule has 4 heterocycles. The molecule has 1 fully saturated rings. The predicted molar refractivity (Wildman–Crippen MR) is 162 cm³/mol. The largest absolute Gasteiger partial charge is 0.507 e. The Morgan fingerprint density at radius 2 is 1.77 bits per heavy atom. The molecule has 3 aromatic heterocycles. The molecule has 1 N–H and O–H groups in total. The van der Waals surface area contributed by atoms with Crippen LogP contribution in [0.4, 0.5) is 14.5 Å². The van der Waals surface area contributed by atoms with Crippen molar-refractivity contribution < 1.29 is 27.1 Å². The van der Waals surface area contributed by atoms with Crippen LogP contribution in [0.3, 0.4) is 0 Å². The number of sulfone groups is 1. The predicted octanol–water partition coefficient (Wildman–Crippen LogP) is 3.55. The van der Waals surface area contributed by atoms with Crippen molar-refractivity contribution >= 4 is 32.5 Å². The third-order valence-corrected chi connectivity index (χ3v) is 8.68. The summed E-state index contributed by atoms with van der Waals surface area (Å²) in [5.41, 5.74) is -1.06. The number of rotatable bonds is 5. The maximum absolute atomic E-state index is 16.0. The van der Waals surface area contributed by atoms with Crippen molar-refractivity contribution in [1.82, 2.24) is 19.4 Å². The Morgan fingerprint density at radius 1 is 1.09 bits per heavy atom. The topological polar surface area (TPSA) is 126 Å². The number of hydrogen-bond acceptors (Lipinski definition) is 8. The second-order valence-corrected chi connectivity index (χ2v) is 12.8. The summed E-state index contributed by atoms with van der Waals surface area (Å²) in [7, 11) is -4.26. The number of phenolic OH excluding ortho intramolecular Hbond substituents is 1. The molecule has 44 heavy (non-hydrogen) atoms. The number of nitrogens with zero attached hydrogens (tertiary/aromatic N) is 5. The number of benzene rings is 1. The summed E-state index contributed by atoms with van der Waals surface area (Å²) in [5, 5.41) is 10.4. The number of phenols is 1. The molecule has 0 unspecified atom stereocenters. The number of fused-ring (bicyclic) bond motifs is 1. The van der Waals surface area contributed by atoms with Crippen LogP contribution in [-0.2, 0) is 14.6 Å². The smallest absolute Gasteiger partial charge is 0.298 e. The molecule has 1 amide bonds. The van der Waals surface area contributed by atoms with Gasteiger partial charge < -0.3 is 14.9 Å². The number of pyridine rings is 3. The van der Waals surface area contributed by atoms with Crippen molar-refractivity contribution in [2.24, 2.45) is 0 Å². The molecule has 0 spiro atoms. The van der Waals surface area contributed by atoms with E-state index in [0.29, 0.717) is 11.3 Å². The van der Waals surface area contributed by atoms with Crippen LogP contribution < -0.4 is 10.5 Å². The first kappa shape index (κ1) is 30.6. The molecule has 5 rings (SSSR count). The van der Waals surface area contributed by atoms with Gasteiger partial charge in [0.25, 0.3) is 11.5 Å². The van der Waals surface area contributed by atoms with Crippen LogP contribution in [0.5, 0.6) is 5.75 Å². The van der Waals surface area contributed by atoms with Crippen LogP contribution in [-0.4, -0.2) is 71.3 Å². The Labute approximate surface area is 252 Å². The van der Waals surface area contributed by atoms with Gasteiger partial charge in [0.2, 0.25) is 0 Å². The zero-order chi connectivity index (χ0) is 32.1. The number of carbonyl (C=O) groups is 1. The van der Waals surface area contributed by atoms with Gasteiger partial charge in [0.05, 0.1) is 22.6 Å². The first-order chi connectivity index (χ1) is 20.8. The molecule has 10 nitrogen and oxygen atoms in total. The van der Waals surface area contributed by atoms with Gasteiger partial charge in [0.15, 0.2) is 26.2 Å². The quantitative estimate of drug-likeness (QED) is 0.336. The highest BCUT2D eigenvalue weighted by Gasteiger charge is 2.33. The summed E-state index contributed by atoms with van der Waals surface area (Å²) < 4.78 is 58.8. The Kier molecular flexibility index (Phi) is 7.90. The molecule has 13 heteroatoms. The van der Waals surface area contributed by atoms with Gasteiger partial charge in [0.1, 0.15) is 17.3 Å². The van der Waals surface area contributed by atoms with Crippen molar-refractivity contribution in [3.63, 3.8) is 0 Å². The number of halogens is 2. The first-order valence-corrected chi connectivity index (χ1v) is 15.6. The summed E-state index contributed by atoms with van der Waals surface area (Å²) in [6.07, 6.45) is 7.70. The van der Waals surface area contributed by atoms with Crippen LogP contribution in [0.1, 0.15) is 31.0 Å². The van der Waals surface area contributed by atoms with Gasteiger partial charge in [-0.25, -0.2) is 22.2 Å². The second kappa shape index (κ2) is 11.3. The molecule has 1 saturated heterocycles. The van der Waals surface area contributed by atoms with E-state index < -0.39 is 54.8 Å². The Morgan fingerprint density at radius 3 is 2.36 bits per heavy atom. The lowest BCUT2D eigenvalue weighted by Gasteiger charge is -2.36. The fourth-order valence-electron chi connectivity index (χ4n) is 5.53. The van der Waals surface area contributed by atoms with E-state index in [1.807, 2.05) is 19.8 Å². The summed E-state index contributed by atoms with van der Waals surface area (Å²) in [6.45, 7) is 5.79. The number of aromatic nitrogens is 3. The minimum atomic E-state index is -4.26. The molecule has 1 aliphatic rings. The first-order valence-electron chi connectivity index (χ1n) is 13.7.